The first-order valence-corrected chi connectivity index (χ1v) is 41.2. The van der Waals surface area contributed by atoms with Crippen LogP contribution in [0.4, 0.5) is 35.1 Å². The molecule has 9 aromatic heterocycles. The minimum Gasteiger partial charge on any atom is -0.388 e. The van der Waals surface area contributed by atoms with Gasteiger partial charge in [-0.1, -0.05) is 220 Å². The number of aryl methyl sites for hydroxylation is 4. The number of ether oxygens (including phenoxy) is 2. The van der Waals surface area contributed by atoms with Crippen LogP contribution in [0.25, 0.3) is 11.4 Å². The maximum Gasteiger partial charge on any atom is 0.574 e. The Hall–Kier alpha value is -6.79. The average molecular weight is 1890 g/mol. The highest BCUT2D eigenvalue weighted by atomic mass is 79.9. The zero-order valence-corrected chi connectivity index (χ0v) is 79.7. The van der Waals surface area contributed by atoms with Gasteiger partial charge >= 0.3 is 12.5 Å². The third-order valence-electron chi connectivity index (χ3n) is 16.7. The number of methoxy groups -OCH3 is 1. The van der Waals surface area contributed by atoms with E-state index in [2.05, 4.69) is 248 Å². The van der Waals surface area contributed by atoms with Gasteiger partial charge in [0.15, 0.2) is 0 Å². The molecule has 1 saturated heterocycles. The molecule has 0 aliphatic carbocycles. The standard InChI is InChI=1S/C15H18N2.C13H18BrFN2.C11H16BrNO.C11H14F3NO.C11H14F3N.C11H14N2.C9H11BrClN.C9H11BrFN/c1-11-8-9-13(12-7-5-6-10-16-12)17-14(11)15(2,3)4;1-13(2,3)12-9(4-5-11(14)16-12)6-17-7-10(15)8-17;1-11(2,3)10-8(7-14-4)5-6-9(12)13-10;1-7-5-6-8(16-11(12,13)14)15-9(7)10(2,3)4;1-7-5-6-8(11(12,13)14)15-9(7)10(2,3)4;1-8-5-6-9(7-12)13-10(8)11(2,3)4;2*1-9(2,3)8-6(11)4-5-7(10)12-8/h5-10H,1-4H3;4-5,10H,6-8H2,1-3H3;5-6H,7H2,1-4H3;5-6H,1-4H3;5-6H,1-4H3;5-6H,1-4H3;2*4-5H,1-3H3. The summed E-state index contributed by atoms with van der Waals surface area (Å²) in [6.07, 6.45) is -7.91. The molecule has 0 N–H and O–H groups in total. The lowest BCUT2D eigenvalue weighted by Crippen LogP contribution is -2.47. The van der Waals surface area contributed by atoms with Crippen molar-refractivity contribution in [3.05, 3.63) is 241 Å². The van der Waals surface area contributed by atoms with Crippen LogP contribution in [0, 0.1) is 44.8 Å². The van der Waals surface area contributed by atoms with Gasteiger partial charge in [-0.25, -0.2) is 43.7 Å². The average Bonchev–Trinajstić information content (AvgIpc) is 0.794. The lowest BCUT2D eigenvalue weighted by molar-refractivity contribution is -0.276. The zero-order valence-electron chi connectivity index (χ0n) is 72.6. The maximum atomic E-state index is 13.2. The predicted molar refractivity (Wildman–Crippen MR) is 469 cm³/mol. The van der Waals surface area contributed by atoms with E-state index < -0.39 is 30.3 Å². The second-order valence-corrected chi connectivity index (χ2v) is 39.9. The fourth-order valence-electron chi connectivity index (χ4n) is 11.6. The predicted octanol–water partition coefficient (Wildman–Crippen LogP) is 27.3. The lowest BCUT2D eigenvalue weighted by atomic mass is 9.88. The minimum absolute atomic E-state index is 0.000856. The number of hydrogen-bond donors (Lipinski definition) is 0. The molecule has 0 atom stereocenters. The van der Waals surface area contributed by atoms with Crippen LogP contribution in [0.5, 0.6) is 5.88 Å². The van der Waals surface area contributed by atoms with E-state index in [4.69, 9.17) is 26.6 Å². The fraction of sp³-hybridized carbons (Fsp3) is 0.489. The highest BCUT2D eigenvalue weighted by molar-refractivity contribution is 9.11. The smallest absolute Gasteiger partial charge is 0.388 e. The van der Waals surface area contributed by atoms with Gasteiger partial charge in [-0.15, -0.1) is 13.2 Å². The van der Waals surface area contributed by atoms with Crippen molar-refractivity contribution in [1.29, 1.82) is 5.26 Å². The number of hydrogen-bond acceptors (Lipinski definition) is 13. The summed E-state index contributed by atoms with van der Waals surface area (Å²) in [5.41, 5.74) is 14.0. The first-order chi connectivity index (χ1) is 52.8. The first-order valence-electron chi connectivity index (χ1n) is 37.7. The van der Waals surface area contributed by atoms with Crippen LogP contribution in [-0.2, 0) is 67.4 Å². The van der Waals surface area contributed by atoms with E-state index in [-0.39, 0.29) is 49.1 Å². The van der Waals surface area contributed by atoms with Crippen LogP contribution in [0.15, 0.2) is 140 Å². The summed E-state index contributed by atoms with van der Waals surface area (Å²) in [7, 11) is 1.70. The van der Waals surface area contributed by atoms with E-state index in [9.17, 15) is 35.1 Å². The Morgan fingerprint density at radius 2 is 0.819 bits per heavy atom. The van der Waals surface area contributed by atoms with Crippen molar-refractivity contribution in [2.45, 2.75) is 269 Å². The summed E-state index contributed by atoms with van der Waals surface area (Å²) in [5, 5.41) is 9.43. The van der Waals surface area contributed by atoms with Crippen LogP contribution < -0.4 is 4.74 Å². The van der Waals surface area contributed by atoms with Crippen LogP contribution in [-0.4, -0.2) is 82.5 Å². The van der Waals surface area contributed by atoms with Gasteiger partial charge in [-0.05, 0) is 192 Å². The van der Waals surface area contributed by atoms with E-state index in [1.807, 2.05) is 131 Å². The van der Waals surface area contributed by atoms with Gasteiger partial charge in [0, 0.05) is 93.7 Å². The van der Waals surface area contributed by atoms with Crippen LogP contribution in [0.2, 0.25) is 5.02 Å². The summed E-state index contributed by atoms with van der Waals surface area (Å²) in [5.74, 6) is -0.659. The molecular formula is C90H116Br4ClF8N11O2. The molecule has 0 bridgehead atoms. The van der Waals surface area contributed by atoms with Gasteiger partial charge in [-0.2, -0.15) is 18.4 Å². The molecule has 116 heavy (non-hydrogen) atoms. The zero-order chi connectivity index (χ0) is 89.0. The fourth-order valence-corrected chi connectivity index (χ4v) is 13.2. The van der Waals surface area contributed by atoms with Gasteiger partial charge in [0.25, 0.3) is 0 Å². The van der Waals surface area contributed by atoms with Crippen molar-refractivity contribution in [3.63, 3.8) is 0 Å². The lowest BCUT2D eigenvalue weighted by Gasteiger charge is -2.35. The number of likely N-dealkylation sites (tertiary alicyclic amines) is 1. The van der Waals surface area contributed by atoms with Crippen LogP contribution in [0.1, 0.15) is 256 Å². The monoisotopic (exact) mass is 1890 g/mol. The molecule has 26 heteroatoms. The Balaban J connectivity index is 0.000000344. The normalized spacial score (nSPS) is 12.9. The SMILES string of the molecule is CC(C)(C)c1nc(Br)ccc1CN1CC(F)C1.CC(C)(C)c1nc(Br)ccc1Cl.CC(C)(C)c1nc(Br)ccc1F.COCc1ccc(Br)nc1C(C)(C)C.Cc1ccc(-c2ccccn2)nc1C(C)(C)C.Cc1ccc(C#N)nc1C(C)(C)C.Cc1ccc(C(F)(F)F)nc1C(C)(C)C.Cc1ccc(OC(F)(F)F)nc1C(C)(C)C. The summed E-state index contributed by atoms with van der Waals surface area (Å²) < 4.78 is 111. The van der Waals surface area contributed by atoms with Crippen LogP contribution in [0.3, 0.4) is 0 Å². The number of nitriles is 1. The van der Waals surface area contributed by atoms with E-state index in [1.54, 1.807) is 38.4 Å². The second-order valence-electron chi connectivity index (χ2n) is 36.2. The molecule has 0 radical (unpaired) electrons. The number of alkyl halides is 7. The Morgan fingerprint density at radius 3 is 1.22 bits per heavy atom. The van der Waals surface area contributed by atoms with Crippen molar-refractivity contribution in [3.8, 4) is 23.3 Å². The second kappa shape index (κ2) is 42.9. The van der Waals surface area contributed by atoms with Gasteiger partial charge in [0.1, 0.15) is 47.9 Å². The quantitative estimate of drug-likeness (QED) is 0.114. The summed E-state index contributed by atoms with van der Waals surface area (Å²) in [4.78, 5) is 40.6. The highest BCUT2D eigenvalue weighted by Crippen LogP contribution is 2.36. The van der Waals surface area contributed by atoms with E-state index >= 15 is 0 Å². The Morgan fingerprint density at radius 1 is 0.431 bits per heavy atom. The molecule has 0 unspecified atom stereocenters. The molecule has 1 aliphatic rings. The molecule has 1 aliphatic heterocycles. The van der Waals surface area contributed by atoms with Gasteiger partial charge in [0.2, 0.25) is 5.88 Å². The molecule has 10 heterocycles. The van der Waals surface area contributed by atoms with E-state index in [1.165, 1.54) is 29.3 Å². The number of rotatable bonds is 6. The van der Waals surface area contributed by atoms with Crippen molar-refractivity contribution in [2.75, 3.05) is 20.2 Å². The molecule has 13 nitrogen and oxygen atoms in total. The Bertz CT molecular complexity index is 4630. The third-order valence-corrected chi connectivity index (χ3v) is 18.8. The summed E-state index contributed by atoms with van der Waals surface area (Å²) >= 11 is 19.3. The Kier molecular flexibility index (Phi) is 38.3. The molecular weight excluding hydrogens is 1770 g/mol. The topological polar surface area (TPSA) is 162 Å². The van der Waals surface area contributed by atoms with Gasteiger partial charge in [0.05, 0.1) is 57.2 Å². The van der Waals surface area contributed by atoms with E-state index in [0.29, 0.717) is 47.1 Å². The minimum atomic E-state index is -4.70. The first kappa shape index (κ1) is 103. The molecule has 0 aromatic carbocycles. The van der Waals surface area contributed by atoms with E-state index in [0.717, 1.165) is 93.6 Å². The van der Waals surface area contributed by atoms with Crippen molar-refractivity contribution >= 4 is 75.3 Å². The molecule has 1 fully saturated rings. The number of nitrogens with zero attached hydrogens (tertiary/aromatic N) is 11. The molecule has 0 amide bonds. The molecule has 0 saturated carbocycles. The van der Waals surface area contributed by atoms with Crippen molar-refractivity contribution in [2.24, 2.45) is 0 Å². The van der Waals surface area contributed by atoms with Gasteiger partial charge in [-0.3, -0.25) is 14.9 Å². The largest absolute Gasteiger partial charge is 0.574 e. The van der Waals surface area contributed by atoms with Gasteiger partial charge < -0.3 is 9.47 Å². The third kappa shape index (κ3) is 35.3. The summed E-state index contributed by atoms with van der Waals surface area (Å²) in [6.45, 7) is 59.3. The van der Waals surface area contributed by atoms with Crippen molar-refractivity contribution in [1.82, 2.24) is 49.8 Å². The number of aromatic nitrogens is 9. The number of halogens is 13. The van der Waals surface area contributed by atoms with Crippen molar-refractivity contribution < 1.29 is 44.6 Å². The molecule has 0 spiro atoms. The van der Waals surface area contributed by atoms with Crippen LogP contribution >= 0.6 is 75.3 Å². The summed E-state index contributed by atoms with van der Waals surface area (Å²) in [6, 6.07) is 35.9. The maximum absolute atomic E-state index is 13.2. The molecule has 634 valence electrons. The highest BCUT2D eigenvalue weighted by Gasteiger charge is 2.36. The Labute approximate surface area is 723 Å². The molecule has 10 rings (SSSR count). The molecule has 9 aromatic rings. The number of pyridine rings is 9.